The van der Waals surface area contributed by atoms with Gasteiger partial charge in [-0.3, -0.25) is 4.90 Å². The van der Waals surface area contributed by atoms with Crippen LogP contribution in [0.5, 0.6) is 0 Å². The molecule has 1 saturated carbocycles. The summed E-state index contributed by atoms with van der Waals surface area (Å²) < 4.78 is 1.28. The normalized spacial score (nSPS) is 27.2. The van der Waals surface area contributed by atoms with E-state index in [4.69, 9.17) is 0 Å². The van der Waals surface area contributed by atoms with Gasteiger partial charge >= 0.3 is 0 Å². The Labute approximate surface area is 109 Å². The predicted molar refractivity (Wildman–Crippen MR) is 71.8 cm³/mol. The molecule has 2 nitrogen and oxygen atoms in total. The molecule has 88 valence electrons. The summed E-state index contributed by atoms with van der Waals surface area (Å²) in [7, 11) is 0. The summed E-state index contributed by atoms with van der Waals surface area (Å²) >= 11 is 5.50. The molecular weight excluding hydrogens is 284 g/mol. The van der Waals surface area contributed by atoms with Gasteiger partial charge in [-0.05, 0) is 46.1 Å². The maximum absolute atomic E-state index is 3.63. The SMILES string of the molecule is Brc1ccsc1CN1CCNCC1C1CC1. The summed E-state index contributed by atoms with van der Waals surface area (Å²) in [6.07, 6.45) is 2.88. The molecule has 16 heavy (non-hydrogen) atoms. The summed E-state index contributed by atoms with van der Waals surface area (Å²) in [4.78, 5) is 4.15. The molecular formula is C12H17BrN2S. The van der Waals surface area contributed by atoms with Crippen molar-refractivity contribution in [2.75, 3.05) is 19.6 Å². The highest BCUT2D eigenvalue weighted by Crippen LogP contribution is 2.37. The topological polar surface area (TPSA) is 15.3 Å². The maximum Gasteiger partial charge on any atom is 0.0343 e. The molecule has 2 fully saturated rings. The number of thiophene rings is 1. The lowest BCUT2D eigenvalue weighted by Crippen LogP contribution is -2.51. The summed E-state index contributed by atoms with van der Waals surface area (Å²) in [5.74, 6) is 0.964. The van der Waals surface area contributed by atoms with Gasteiger partial charge in [0.2, 0.25) is 0 Å². The molecule has 0 spiro atoms. The third-order valence-electron chi connectivity index (χ3n) is 3.60. The van der Waals surface area contributed by atoms with Gasteiger partial charge in [0.1, 0.15) is 0 Å². The van der Waals surface area contributed by atoms with Gasteiger partial charge in [-0.15, -0.1) is 11.3 Å². The third-order valence-corrected chi connectivity index (χ3v) is 5.51. The van der Waals surface area contributed by atoms with Gasteiger partial charge in [0.25, 0.3) is 0 Å². The number of halogens is 1. The van der Waals surface area contributed by atoms with Crippen LogP contribution in [0.1, 0.15) is 17.7 Å². The Kier molecular flexibility index (Phi) is 3.34. The highest BCUT2D eigenvalue weighted by molar-refractivity contribution is 9.10. The molecule has 1 aromatic heterocycles. The molecule has 2 aliphatic rings. The Morgan fingerprint density at radius 3 is 3.06 bits per heavy atom. The number of piperazine rings is 1. The molecule has 1 aromatic rings. The molecule has 1 N–H and O–H groups in total. The van der Waals surface area contributed by atoms with Crippen molar-refractivity contribution < 1.29 is 0 Å². The van der Waals surface area contributed by atoms with Crippen molar-refractivity contribution >= 4 is 27.3 Å². The monoisotopic (exact) mass is 300 g/mol. The molecule has 0 amide bonds. The zero-order chi connectivity index (χ0) is 11.0. The zero-order valence-electron chi connectivity index (χ0n) is 9.29. The molecule has 2 heterocycles. The standard InChI is InChI=1S/C12H17BrN2S/c13-10-3-6-16-12(10)8-15-5-4-14-7-11(15)9-1-2-9/h3,6,9,11,14H,1-2,4-5,7-8H2. The van der Waals surface area contributed by atoms with Crippen LogP contribution in [0.3, 0.4) is 0 Å². The molecule has 4 heteroatoms. The Morgan fingerprint density at radius 1 is 1.50 bits per heavy atom. The van der Waals surface area contributed by atoms with E-state index in [-0.39, 0.29) is 0 Å². The van der Waals surface area contributed by atoms with Gasteiger partial charge in [-0.2, -0.15) is 0 Å². The lowest BCUT2D eigenvalue weighted by Gasteiger charge is -2.36. The van der Waals surface area contributed by atoms with E-state index in [0.29, 0.717) is 0 Å². The van der Waals surface area contributed by atoms with Crippen LogP contribution < -0.4 is 5.32 Å². The fourth-order valence-corrected chi connectivity index (χ4v) is 4.03. The van der Waals surface area contributed by atoms with Crippen molar-refractivity contribution in [3.63, 3.8) is 0 Å². The Morgan fingerprint density at radius 2 is 2.38 bits per heavy atom. The number of hydrogen-bond donors (Lipinski definition) is 1. The minimum absolute atomic E-state index is 0.780. The van der Waals surface area contributed by atoms with E-state index in [2.05, 4.69) is 37.6 Å². The van der Waals surface area contributed by atoms with Crippen molar-refractivity contribution in [1.82, 2.24) is 10.2 Å². The Hall–Kier alpha value is 0.1000. The van der Waals surface area contributed by atoms with Crippen LogP contribution >= 0.6 is 27.3 Å². The van der Waals surface area contributed by atoms with Crippen LogP contribution in [-0.2, 0) is 6.54 Å². The number of nitrogens with zero attached hydrogens (tertiary/aromatic N) is 1. The van der Waals surface area contributed by atoms with Gasteiger partial charge in [-0.1, -0.05) is 0 Å². The van der Waals surface area contributed by atoms with Gasteiger partial charge in [0, 0.05) is 41.6 Å². The van der Waals surface area contributed by atoms with Gasteiger partial charge in [-0.25, -0.2) is 0 Å². The molecule has 0 bridgehead atoms. The van der Waals surface area contributed by atoms with Gasteiger partial charge < -0.3 is 5.32 Å². The highest BCUT2D eigenvalue weighted by Gasteiger charge is 2.36. The van der Waals surface area contributed by atoms with E-state index in [9.17, 15) is 0 Å². The molecule has 1 saturated heterocycles. The smallest absolute Gasteiger partial charge is 0.0343 e. The van der Waals surface area contributed by atoms with Crippen molar-refractivity contribution in [3.05, 3.63) is 20.8 Å². The van der Waals surface area contributed by atoms with Crippen LogP contribution in [0, 0.1) is 5.92 Å². The second kappa shape index (κ2) is 4.77. The molecule has 0 aromatic carbocycles. The lowest BCUT2D eigenvalue weighted by atomic mass is 10.1. The van der Waals surface area contributed by atoms with Crippen LogP contribution in [0.4, 0.5) is 0 Å². The number of rotatable bonds is 3. The van der Waals surface area contributed by atoms with Crippen molar-refractivity contribution in [3.8, 4) is 0 Å². The number of hydrogen-bond acceptors (Lipinski definition) is 3. The summed E-state index contributed by atoms with van der Waals surface area (Å²) in [6.45, 7) is 4.66. The molecule has 1 atom stereocenters. The van der Waals surface area contributed by atoms with Crippen LogP contribution in [-0.4, -0.2) is 30.6 Å². The van der Waals surface area contributed by atoms with Crippen LogP contribution in [0.25, 0.3) is 0 Å². The molecule has 3 rings (SSSR count). The number of nitrogens with one attached hydrogen (secondary N) is 1. The first-order chi connectivity index (χ1) is 7.84. The van der Waals surface area contributed by atoms with E-state index in [1.165, 1.54) is 35.3 Å². The summed E-state index contributed by atoms with van der Waals surface area (Å²) in [5, 5.41) is 5.70. The Bertz CT molecular complexity index is 362. The van der Waals surface area contributed by atoms with E-state index >= 15 is 0 Å². The van der Waals surface area contributed by atoms with Crippen molar-refractivity contribution in [1.29, 1.82) is 0 Å². The van der Waals surface area contributed by atoms with Crippen molar-refractivity contribution in [2.45, 2.75) is 25.4 Å². The van der Waals surface area contributed by atoms with E-state index in [1.54, 1.807) is 0 Å². The average molecular weight is 301 g/mol. The van der Waals surface area contributed by atoms with E-state index in [1.807, 2.05) is 11.3 Å². The molecule has 1 unspecified atom stereocenters. The second-order valence-corrected chi connectivity index (χ2v) is 6.63. The summed E-state index contributed by atoms with van der Waals surface area (Å²) in [6, 6.07) is 2.94. The quantitative estimate of drug-likeness (QED) is 0.923. The molecule has 0 radical (unpaired) electrons. The summed E-state index contributed by atoms with van der Waals surface area (Å²) in [5.41, 5.74) is 0. The first kappa shape index (κ1) is 11.2. The zero-order valence-corrected chi connectivity index (χ0v) is 11.7. The van der Waals surface area contributed by atoms with E-state index in [0.717, 1.165) is 25.0 Å². The van der Waals surface area contributed by atoms with Gasteiger partial charge in [0.05, 0.1) is 0 Å². The van der Waals surface area contributed by atoms with Crippen molar-refractivity contribution in [2.24, 2.45) is 5.92 Å². The first-order valence-corrected chi connectivity index (χ1v) is 7.68. The van der Waals surface area contributed by atoms with Crippen LogP contribution in [0.2, 0.25) is 0 Å². The average Bonchev–Trinajstić information content (AvgIpc) is 3.06. The van der Waals surface area contributed by atoms with Crippen LogP contribution in [0.15, 0.2) is 15.9 Å². The Balaban J connectivity index is 1.69. The minimum atomic E-state index is 0.780. The predicted octanol–water partition coefficient (Wildman–Crippen LogP) is 2.69. The first-order valence-electron chi connectivity index (χ1n) is 6.01. The molecule has 1 aliphatic carbocycles. The minimum Gasteiger partial charge on any atom is -0.314 e. The van der Waals surface area contributed by atoms with Gasteiger partial charge in [0.15, 0.2) is 0 Å². The second-order valence-electron chi connectivity index (χ2n) is 4.77. The lowest BCUT2D eigenvalue weighted by molar-refractivity contribution is 0.137. The maximum atomic E-state index is 3.63. The highest BCUT2D eigenvalue weighted by atomic mass is 79.9. The molecule has 1 aliphatic heterocycles. The van der Waals surface area contributed by atoms with E-state index < -0.39 is 0 Å². The fraction of sp³-hybridized carbons (Fsp3) is 0.667. The fourth-order valence-electron chi connectivity index (χ4n) is 2.53. The third kappa shape index (κ3) is 2.35. The largest absolute Gasteiger partial charge is 0.314 e.